The van der Waals surface area contributed by atoms with Gasteiger partial charge in [0.2, 0.25) is 0 Å². The molecule has 0 fully saturated rings. The van der Waals surface area contributed by atoms with E-state index in [9.17, 15) is 4.79 Å². The Morgan fingerprint density at radius 2 is 1.65 bits per heavy atom. The van der Waals surface area contributed by atoms with Crippen LogP contribution in [0.2, 0.25) is 0 Å². The smallest absolute Gasteiger partial charge is 0.410 e. The SMILES string of the molecule is Cc1ccnc(COc2ccc(C(C)(C)C)cc2-c2ccc3c(c2)CCN(C(=O)OC(C)(C)C)CC3)c1. The van der Waals surface area contributed by atoms with Crippen molar-refractivity contribution in [3.8, 4) is 16.9 Å². The van der Waals surface area contributed by atoms with E-state index in [1.807, 2.05) is 37.9 Å². The molecule has 0 aliphatic carbocycles. The summed E-state index contributed by atoms with van der Waals surface area (Å²) >= 11 is 0. The lowest BCUT2D eigenvalue weighted by atomic mass is 9.85. The van der Waals surface area contributed by atoms with Crippen LogP contribution in [0.15, 0.2) is 54.7 Å². The van der Waals surface area contributed by atoms with E-state index < -0.39 is 5.60 Å². The van der Waals surface area contributed by atoms with E-state index in [-0.39, 0.29) is 11.5 Å². The molecule has 0 N–H and O–H groups in total. The van der Waals surface area contributed by atoms with Gasteiger partial charge in [0.25, 0.3) is 0 Å². The van der Waals surface area contributed by atoms with E-state index >= 15 is 0 Å². The van der Waals surface area contributed by atoms with Gasteiger partial charge in [0, 0.05) is 24.8 Å². The number of nitrogens with zero attached hydrogens (tertiary/aromatic N) is 2. The molecule has 2 aromatic carbocycles. The average Bonchev–Trinajstić information content (AvgIpc) is 3.03. The van der Waals surface area contributed by atoms with Gasteiger partial charge in [-0.1, -0.05) is 45.0 Å². The Kier molecular flexibility index (Phi) is 7.63. The minimum atomic E-state index is -0.494. The number of carbonyl (C=O) groups excluding carboxylic acids is 1. The van der Waals surface area contributed by atoms with Gasteiger partial charge in [0.05, 0.1) is 5.69 Å². The van der Waals surface area contributed by atoms with Crippen molar-refractivity contribution in [2.75, 3.05) is 13.1 Å². The summed E-state index contributed by atoms with van der Waals surface area (Å²) in [7, 11) is 0. The van der Waals surface area contributed by atoms with Crippen LogP contribution in [0, 0.1) is 6.92 Å². The summed E-state index contributed by atoms with van der Waals surface area (Å²) in [6.07, 6.45) is 3.20. The molecule has 0 atom stereocenters. The van der Waals surface area contributed by atoms with Crippen molar-refractivity contribution in [1.82, 2.24) is 9.88 Å². The zero-order valence-corrected chi connectivity index (χ0v) is 23.4. The topological polar surface area (TPSA) is 51.7 Å². The maximum Gasteiger partial charge on any atom is 0.410 e. The Bertz CT molecular complexity index is 1270. The van der Waals surface area contributed by atoms with Gasteiger partial charge in [-0.3, -0.25) is 4.98 Å². The van der Waals surface area contributed by atoms with Crippen LogP contribution in [0.3, 0.4) is 0 Å². The average molecular weight is 501 g/mol. The van der Waals surface area contributed by atoms with Gasteiger partial charge in [-0.15, -0.1) is 0 Å². The Morgan fingerprint density at radius 1 is 0.919 bits per heavy atom. The van der Waals surface area contributed by atoms with Crippen molar-refractivity contribution in [2.45, 2.75) is 78.9 Å². The fraction of sp³-hybridized carbons (Fsp3) is 0.438. The molecule has 1 aliphatic heterocycles. The number of hydrogen-bond donors (Lipinski definition) is 0. The third kappa shape index (κ3) is 6.91. The number of amides is 1. The second-order valence-electron chi connectivity index (χ2n) is 12.0. The molecule has 5 nitrogen and oxygen atoms in total. The van der Waals surface area contributed by atoms with Gasteiger partial charge >= 0.3 is 6.09 Å². The fourth-order valence-electron chi connectivity index (χ4n) is 4.58. The largest absolute Gasteiger partial charge is 0.487 e. The summed E-state index contributed by atoms with van der Waals surface area (Å²) in [6.45, 7) is 16.2. The van der Waals surface area contributed by atoms with E-state index in [1.165, 1.54) is 22.3 Å². The molecule has 5 heteroatoms. The third-order valence-electron chi connectivity index (χ3n) is 6.66. The van der Waals surface area contributed by atoms with Crippen LogP contribution >= 0.6 is 0 Å². The van der Waals surface area contributed by atoms with Crippen LogP contribution in [0.4, 0.5) is 4.79 Å². The van der Waals surface area contributed by atoms with Crippen molar-refractivity contribution in [2.24, 2.45) is 0 Å². The first-order valence-electron chi connectivity index (χ1n) is 13.2. The van der Waals surface area contributed by atoms with E-state index in [2.05, 4.69) is 75.1 Å². The van der Waals surface area contributed by atoms with Crippen molar-refractivity contribution in [1.29, 1.82) is 0 Å². The molecule has 1 aromatic heterocycles. The minimum Gasteiger partial charge on any atom is -0.487 e. The van der Waals surface area contributed by atoms with Gasteiger partial charge in [-0.05, 0) is 98.0 Å². The number of aromatic nitrogens is 1. The second-order valence-corrected chi connectivity index (χ2v) is 12.0. The summed E-state index contributed by atoms with van der Waals surface area (Å²) < 4.78 is 12.0. The number of fused-ring (bicyclic) bond motifs is 1. The first kappa shape index (κ1) is 26.7. The molecule has 4 rings (SSSR count). The van der Waals surface area contributed by atoms with Gasteiger partial charge in [-0.2, -0.15) is 0 Å². The summed E-state index contributed by atoms with van der Waals surface area (Å²) in [5.74, 6) is 0.847. The number of aryl methyl sites for hydroxylation is 1. The maximum atomic E-state index is 12.7. The second kappa shape index (κ2) is 10.6. The molecule has 1 aliphatic rings. The number of benzene rings is 2. The third-order valence-corrected chi connectivity index (χ3v) is 6.66. The van der Waals surface area contributed by atoms with Crippen LogP contribution < -0.4 is 4.74 Å². The number of rotatable bonds is 4. The minimum absolute atomic E-state index is 0.0188. The van der Waals surface area contributed by atoms with Crippen molar-refractivity contribution >= 4 is 6.09 Å². The summed E-state index contributed by atoms with van der Waals surface area (Å²) in [4.78, 5) is 19.0. The molecular formula is C32H40N2O3. The molecule has 37 heavy (non-hydrogen) atoms. The lowest BCUT2D eigenvalue weighted by Gasteiger charge is -2.26. The number of hydrogen-bond acceptors (Lipinski definition) is 4. The molecular weight excluding hydrogens is 460 g/mol. The van der Waals surface area contributed by atoms with Crippen LogP contribution in [-0.4, -0.2) is 34.7 Å². The molecule has 3 aromatic rings. The quantitative estimate of drug-likeness (QED) is 0.378. The lowest BCUT2D eigenvalue weighted by molar-refractivity contribution is 0.0258. The number of ether oxygens (including phenoxy) is 2. The van der Waals surface area contributed by atoms with Gasteiger partial charge in [0.1, 0.15) is 18.0 Å². The van der Waals surface area contributed by atoms with Gasteiger partial charge in [-0.25, -0.2) is 4.79 Å². The van der Waals surface area contributed by atoms with Crippen LogP contribution in [-0.2, 0) is 29.6 Å². The molecule has 0 radical (unpaired) electrons. The standard InChI is InChI=1S/C32H40N2O3/c1-22-12-15-33-27(18-22)21-36-29-11-10-26(31(2,3)4)20-28(29)25-9-8-23-13-16-34(17-14-24(23)19-25)30(35)37-32(5,6)7/h8-12,15,18-20H,13-14,16-17,21H2,1-7H3. The highest BCUT2D eigenvalue weighted by atomic mass is 16.6. The van der Waals surface area contributed by atoms with Crippen LogP contribution in [0.25, 0.3) is 11.1 Å². The zero-order chi connectivity index (χ0) is 26.8. The zero-order valence-electron chi connectivity index (χ0n) is 23.4. The predicted molar refractivity (Wildman–Crippen MR) is 149 cm³/mol. The highest BCUT2D eigenvalue weighted by Gasteiger charge is 2.25. The molecule has 0 saturated carbocycles. The predicted octanol–water partition coefficient (Wildman–Crippen LogP) is 7.27. The Labute approximate surface area is 221 Å². The Balaban J connectivity index is 1.62. The Morgan fingerprint density at radius 3 is 2.32 bits per heavy atom. The lowest BCUT2D eigenvalue weighted by Crippen LogP contribution is -2.38. The first-order chi connectivity index (χ1) is 17.4. The Hall–Kier alpha value is -3.34. The van der Waals surface area contributed by atoms with Crippen LogP contribution in [0.1, 0.15) is 69.5 Å². The van der Waals surface area contributed by atoms with E-state index in [0.717, 1.165) is 35.4 Å². The van der Waals surface area contributed by atoms with Crippen molar-refractivity contribution < 1.29 is 14.3 Å². The first-order valence-corrected chi connectivity index (χ1v) is 13.2. The van der Waals surface area contributed by atoms with E-state index in [0.29, 0.717) is 19.7 Å². The molecule has 0 spiro atoms. The normalized spacial score (nSPS) is 14.1. The van der Waals surface area contributed by atoms with Crippen molar-refractivity contribution in [3.63, 3.8) is 0 Å². The molecule has 0 saturated heterocycles. The molecule has 196 valence electrons. The van der Waals surface area contributed by atoms with Crippen molar-refractivity contribution in [3.05, 3.63) is 82.7 Å². The summed E-state index contributed by atoms with van der Waals surface area (Å²) in [6, 6.07) is 17.2. The van der Waals surface area contributed by atoms with E-state index in [4.69, 9.17) is 9.47 Å². The highest BCUT2D eigenvalue weighted by molar-refractivity contribution is 5.73. The highest BCUT2D eigenvalue weighted by Crippen LogP contribution is 2.36. The molecule has 2 heterocycles. The van der Waals surface area contributed by atoms with E-state index in [1.54, 1.807) is 0 Å². The summed E-state index contributed by atoms with van der Waals surface area (Å²) in [5.41, 5.74) is 7.63. The maximum absolute atomic E-state index is 12.7. The van der Waals surface area contributed by atoms with Crippen LogP contribution in [0.5, 0.6) is 5.75 Å². The monoisotopic (exact) mass is 500 g/mol. The fourth-order valence-corrected chi connectivity index (χ4v) is 4.58. The summed E-state index contributed by atoms with van der Waals surface area (Å²) in [5, 5.41) is 0. The van der Waals surface area contributed by atoms with Gasteiger partial charge < -0.3 is 14.4 Å². The molecule has 0 bridgehead atoms. The number of carbonyl (C=O) groups is 1. The molecule has 0 unspecified atom stereocenters. The molecule has 1 amide bonds. The number of pyridine rings is 1. The van der Waals surface area contributed by atoms with Gasteiger partial charge in [0.15, 0.2) is 0 Å².